The first-order valence-electron chi connectivity index (χ1n) is 10.6. The van der Waals surface area contributed by atoms with Gasteiger partial charge in [0.2, 0.25) is 5.95 Å². The fraction of sp³-hybridized carbons (Fsp3) is 0.200. The quantitative estimate of drug-likeness (QED) is 0.440. The van der Waals surface area contributed by atoms with Crippen molar-refractivity contribution in [1.29, 1.82) is 5.41 Å². The molecule has 0 fully saturated rings. The van der Waals surface area contributed by atoms with Crippen molar-refractivity contribution in [3.05, 3.63) is 76.1 Å². The number of anilines is 2. The summed E-state index contributed by atoms with van der Waals surface area (Å²) in [5.41, 5.74) is 5.28. The van der Waals surface area contributed by atoms with Gasteiger partial charge in [0.15, 0.2) is 0 Å². The third-order valence-electron chi connectivity index (χ3n) is 5.56. The second-order valence-corrected chi connectivity index (χ2v) is 7.96. The summed E-state index contributed by atoms with van der Waals surface area (Å²) in [5, 5.41) is 15.6. The molecule has 0 saturated heterocycles. The molecule has 1 aromatic heterocycles. The Kier molecular flexibility index (Phi) is 6.79. The molecule has 0 amide bonds. The van der Waals surface area contributed by atoms with Crippen LogP contribution in [0.2, 0.25) is 5.02 Å². The van der Waals surface area contributed by atoms with Gasteiger partial charge >= 0.3 is 5.97 Å². The highest BCUT2D eigenvalue weighted by Gasteiger charge is 2.26. The highest BCUT2D eigenvalue weighted by molar-refractivity contribution is 6.35. The molecule has 0 spiro atoms. The van der Waals surface area contributed by atoms with E-state index in [-0.39, 0.29) is 0 Å². The predicted molar refractivity (Wildman–Crippen MR) is 133 cm³/mol. The minimum Gasteiger partial charge on any atom is -0.495 e. The minimum absolute atomic E-state index is 0.338. The summed E-state index contributed by atoms with van der Waals surface area (Å²) >= 11 is 6.47. The number of ether oxygens (including phenoxy) is 2. The molecular weight excluding hydrogens is 454 g/mol. The molecule has 1 aliphatic rings. The number of benzene rings is 2. The number of nitrogens with zero attached hydrogens (tertiary/aromatic N) is 2. The Balaban J connectivity index is 1.78. The Labute approximate surface area is 202 Å². The van der Waals surface area contributed by atoms with E-state index in [4.69, 9.17) is 31.5 Å². The third kappa shape index (κ3) is 4.45. The number of esters is 1. The Morgan fingerprint density at radius 3 is 2.65 bits per heavy atom. The van der Waals surface area contributed by atoms with E-state index in [9.17, 15) is 4.79 Å². The van der Waals surface area contributed by atoms with Crippen LogP contribution in [0.1, 0.15) is 33.6 Å². The molecule has 1 aliphatic carbocycles. The Morgan fingerprint density at radius 2 is 1.94 bits per heavy atom. The van der Waals surface area contributed by atoms with Gasteiger partial charge in [0.05, 0.1) is 36.9 Å². The van der Waals surface area contributed by atoms with Crippen molar-refractivity contribution in [2.75, 3.05) is 26.6 Å². The first kappa shape index (κ1) is 23.3. The van der Waals surface area contributed by atoms with Gasteiger partial charge in [-0.05, 0) is 42.7 Å². The summed E-state index contributed by atoms with van der Waals surface area (Å²) in [7, 11) is 4.65. The largest absolute Gasteiger partial charge is 0.495 e. The molecule has 8 nitrogen and oxygen atoms in total. The molecule has 0 radical (unpaired) electrons. The lowest BCUT2D eigenvalue weighted by molar-refractivity contribution is 0.0600. The fourth-order valence-electron chi connectivity index (χ4n) is 3.88. The van der Waals surface area contributed by atoms with Gasteiger partial charge in [-0.1, -0.05) is 29.8 Å². The van der Waals surface area contributed by atoms with Crippen molar-refractivity contribution in [1.82, 2.24) is 15.3 Å². The zero-order valence-corrected chi connectivity index (χ0v) is 19.8. The van der Waals surface area contributed by atoms with E-state index in [0.717, 1.165) is 16.8 Å². The predicted octanol–water partition coefficient (Wildman–Crippen LogP) is 4.72. The first-order chi connectivity index (χ1) is 16.5. The molecule has 1 heterocycles. The normalized spacial score (nSPS) is 14.2. The molecule has 0 saturated carbocycles. The molecule has 3 aromatic rings. The van der Waals surface area contributed by atoms with Gasteiger partial charge in [-0.15, -0.1) is 0 Å². The lowest BCUT2D eigenvalue weighted by Crippen LogP contribution is -2.20. The maximum absolute atomic E-state index is 11.8. The summed E-state index contributed by atoms with van der Waals surface area (Å²) in [4.78, 5) is 21.1. The lowest BCUT2D eigenvalue weighted by Gasteiger charge is -2.23. The lowest BCUT2D eigenvalue weighted by atomic mass is 9.87. The molecular formula is C25H24ClN5O3. The number of methoxy groups -OCH3 is 2. The number of nitrogens with one attached hydrogen (secondary N) is 3. The van der Waals surface area contributed by atoms with Crippen LogP contribution in [0.25, 0.3) is 11.3 Å². The Hall–Kier alpha value is -3.91. The van der Waals surface area contributed by atoms with Crippen molar-refractivity contribution in [2.24, 2.45) is 0 Å². The SMILES string of the molecule is CN/C(=C1\C(=N)CCc2cnc(Nc3ccc(C(=O)OC)cc3OC)nc21)c1ccccc1Cl. The van der Waals surface area contributed by atoms with Gasteiger partial charge in [-0.2, -0.15) is 0 Å². The summed E-state index contributed by atoms with van der Waals surface area (Å²) in [6, 6.07) is 12.4. The third-order valence-corrected chi connectivity index (χ3v) is 5.89. The second-order valence-electron chi connectivity index (χ2n) is 7.56. The van der Waals surface area contributed by atoms with Crippen LogP contribution in [-0.2, 0) is 11.2 Å². The number of fused-ring (bicyclic) bond motifs is 1. The number of rotatable bonds is 6. The van der Waals surface area contributed by atoms with E-state index >= 15 is 0 Å². The van der Waals surface area contributed by atoms with Gasteiger partial charge in [0.25, 0.3) is 0 Å². The number of hydrogen-bond acceptors (Lipinski definition) is 8. The number of allylic oxidation sites excluding steroid dienone is 1. The van der Waals surface area contributed by atoms with E-state index in [2.05, 4.69) is 15.6 Å². The van der Waals surface area contributed by atoms with Gasteiger partial charge < -0.3 is 25.5 Å². The number of aromatic nitrogens is 2. The average molecular weight is 478 g/mol. The number of halogens is 1. The highest BCUT2D eigenvalue weighted by Crippen LogP contribution is 2.35. The Morgan fingerprint density at radius 1 is 1.15 bits per heavy atom. The summed E-state index contributed by atoms with van der Waals surface area (Å²) in [6.45, 7) is 0. The molecule has 174 valence electrons. The van der Waals surface area contributed by atoms with Gasteiger partial charge in [-0.3, -0.25) is 0 Å². The van der Waals surface area contributed by atoms with Crippen LogP contribution in [0.5, 0.6) is 5.75 Å². The number of carbonyl (C=O) groups excluding carboxylic acids is 1. The van der Waals surface area contributed by atoms with E-state index in [1.165, 1.54) is 14.2 Å². The minimum atomic E-state index is -0.456. The maximum atomic E-state index is 11.8. The van der Waals surface area contributed by atoms with E-state index < -0.39 is 5.97 Å². The van der Waals surface area contributed by atoms with Crippen LogP contribution in [0, 0.1) is 5.41 Å². The highest BCUT2D eigenvalue weighted by atomic mass is 35.5. The first-order valence-corrected chi connectivity index (χ1v) is 11.0. The van der Waals surface area contributed by atoms with E-state index in [0.29, 0.717) is 57.8 Å². The number of aryl methyl sites for hydroxylation is 1. The molecule has 0 atom stereocenters. The van der Waals surface area contributed by atoms with Crippen LogP contribution >= 0.6 is 11.6 Å². The summed E-state index contributed by atoms with van der Waals surface area (Å²) in [5.74, 6) is 0.326. The molecule has 0 unspecified atom stereocenters. The molecule has 3 N–H and O–H groups in total. The van der Waals surface area contributed by atoms with Crippen LogP contribution in [-0.4, -0.2) is 42.9 Å². The van der Waals surface area contributed by atoms with Crippen LogP contribution < -0.4 is 15.4 Å². The monoisotopic (exact) mass is 477 g/mol. The smallest absolute Gasteiger partial charge is 0.337 e. The molecule has 0 bridgehead atoms. The standard InChI is InChI=1S/C25H24ClN5O3/c1-28-23(16-6-4-5-7-17(16)26)21-18(27)10-8-15-13-29-25(31-22(15)21)30-19-11-9-14(24(32)34-3)12-20(19)33-2/h4-7,9,11-13,27-28H,8,10H2,1-3H3,(H,29,30,31)/b23-21+,27-18?. The number of hydrogen-bond donors (Lipinski definition) is 3. The fourth-order valence-corrected chi connectivity index (χ4v) is 4.11. The Bertz CT molecular complexity index is 1310. The molecule has 9 heteroatoms. The summed E-state index contributed by atoms with van der Waals surface area (Å²) in [6.07, 6.45) is 3.03. The topological polar surface area (TPSA) is 109 Å². The van der Waals surface area contributed by atoms with Gasteiger partial charge in [-0.25, -0.2) is 14.8 Å². The van der Waals surface area contributed by atoms with Crippen LogP contribution in [0.15, 0.2) is 48.7 Å². The molecule has 0 aliphatic heterocycles. The average Bonchev–Trinajstić information content (AvgIpc) is 2.86. The van der Waals surface area contributed by atoms with Crippen molar-refractivity contribution in [2.45, 2.75) is 12.8 Å². The number of carbonyl (C=O) groups is 1. The molecule has 34 heavy (non-hydrogen) atoms. The van der Waals surface area contributed by atoms with E-state index in [1.54, 1.807) is 31.4 Å². The van der Waals surface area contributed by atoms with E-state index in [1.807, 2.05) is 24.3 Å². The zero-order chi connectivity index (χ0) is 24.2. The second kappa shape index (κ2) is 9.93. The molecule has 4 rings (SSSR count). The van der Waals surface area contributed by atoms with Crippen LogP contribution in [0.3, 0.4) is 0 Å². The van der Waals surface area contributed by atoms with Gasteiger partial charge in [0.1, 0.15) is 5.75 Å². The van der Waals surface area contributed by atoms with Crippen molar-refractivity contribution in [3.8, 4) is 5.75 Å². The zero-order valence-electron chi connectivity index (χ0n) is 19.0. The van der Waals surface area contributed by atoms with Crippen molar-refractivity contribution in [3.63, 3.8) is 0 Å². The van der Waals surface area contributed by atoms with Crippen molar-refractivity contribution < 1.29 is 14.3 Å². The molecule has 2 aromatic carbocycles. The summed E-state index contributed by atoms with van der Waals surface area (Å²) < 4.78 is 10.2. The van der Waals surface area contributed by atoms with Crippen LogP contribution in [0.4, 0.5) is 11.6 Å². The van der Waals surface area contributed by atoms with Gasteiger partial charge in [0, 0.05) is 35.1 Å². The maximum Gasteiger partial charge on any atom is 0.337 e. The van der Waals surface area contributed by atoms with Crippen molar-refractivity contribution >= 4 is 46.2 Å².